The monoisotopic (exact) mass is 265 g/mol. The summed E-state index contributed by atoms with van der Waals surface area (Å²) in [7, 11) is 0. The van der Waals surface area contributed by atoms with Crippen LogP contribution in [0.2, 0.25) is 0 Å². The molecule has 20 heavy (non-hydrogen) atoms. The standard InChI is InChI=1S/C17H19N3/c1-2-18-12-17(14-8-4-3-5-9-14)20-13-19-15-10-6-7-11-16(15)20/h3-11,13,17-18H,2,12H2,1H3. The highest BCUT2D eigenvalue weighted by atomic mass is 15.1. The van der Waals surface area contributed by atoms with Crippen LogP contribution in [0.5, 0.6) is 0 Å². The zero-order chi connectivity index (χ0) is 13.8. The highest BCUT2D eigenvalue weighted by Gasteiger charge is 2.15. The Labute approximate surface area is 119 Å². The lowest BCUT2D eigenvalue weighted by Crippen LogP contribution is -2.25. The van der Waals surface area contributed by atoms with Gasteiger partial charge in [0.25, 0.3) is 0 Å². The predicted octanol–water partition coefficient (Wildman–Crippen LogP) is 3.24. The van der Waals surface area contributed by atoms with Gasteiger partial charge in [0.05, 0.1) is 23.4 Å². The number of rotatable bonds is 5. The molecule has 0 aliphatic heterocycles. The maximum atomic E-state index is 4.51. The first kappa shape index (κ1) is 12.9. The van der Waals surface area contributed by atoms with Gasteiger partial charge in [0, 0.05) is 6.54 Å². The molecule has 0 aliphatic carbocycles. The van der Waals surface area contributed by atoms with Crippen LogP contribution in [0.4, 0.5) is 0 Å². The summed E-state index contributed by atoms with van der Waals surface area (Å²) in [5.41, 5.74) is 3.53. The van der Waals surface area contributed by atoms with Gasteiger partial charge in [-0.15, -0.1) is 0 Å². The van der Waals surface area contributed by atoms with Crippen LogP contribution in [-0.4, -0.2) is 22.6 Å². The second kappa shape index (κ2) is 5.88. The molecule has 0 amide bonds. The molecule has 2 aromatic carbocycles. The lowest BCUT2D eigenvalue weighted by Gasteiger charge is -2.20. The molecule has 1 unspecified atom stereocenters. The Bertz CT molecular complexity index is 673. The van der Waals surface area contributed by atoms with E-state index in [0.29, 0.717) is 0 Å². The highest BCUT2D eigenvalue weighted by molar-refractivity contribution is 5.75. The Hall–Kier alpha value is -2.13. The summed E-state index contributed by atoms with van der Waals surface area (Å²) in [6.45, 7) is 4.00. The van der Waals surface area contributed by atoms with Crippen molar-refractivity contribution in [3.63, 3.8) is 0 Å². The molecule has 0 saturated carbocycles. The Kier molecular flexibility index (Phi) is 3.79. The maximum Gasteiger partial charge on any atom is 0.0964 e. The fourth-order valence-electron chi connectivity index (χ4n) is 2.56. The number of nitrogens with zero attached hydrogens (tertiary/aromatic N) is 2. The van der Waals surface area contributed by atoms with Crippen molar-refractivity contribution in [2.75, 3.05) is 13.1 Å². The van der Waals surface area contributed by atoms with Crippen molar-refractivity contribution in [1.82, 2.24) is 14.9 Å². The second-order valence-corrected chi connectivity index (χ2v) is 4.87. The van der Waals surface area contributed by atoms with Crippen molar-refractivity contribution < 1.29 is 0 Å². The van der Waals surface area contributed by atoms with Crippen LogP contribution in [0, 0.1) is 0 Å². The second-order valence-electron chi connectivity index (χ2n) is 4.87. The van der Waals surface area contributed by atoms with Crippen LogP contribution in [0.15, 0.2) is 60.9 Å². The summed E-state index contributed by atoms with van der Waals surface area (Å²) in [6, 6.07) is 19.1. The van der Waals surface area contributed by atoms with E-state index in [4.69, 9.17) is 0 Å². The molecule has 1 heterocycles. The third-order valence-electron chi connectivity index (χ3n) is 3.59. The zero-order valence-electron chi connectivity index (χ0n) is 11.7. The van der Waals surface area contributed by atoms with E-state index in [1.54, 1.807) is 0 Å². The van der Waals surface area contributed by atoms with E-state index in [1.165, 1.54) is 11.1 Å². The molecule has 3 nitrogen and oxygen atoms in total. The van der Waals surface area contributed by atoms with Gasteiger partial charge in [-0.2, -0.15) is 0 Å². The van der Waals surface area contributed by atoms with Gasteiger partial charge in [-0.3, -0.25) is 0 Å². The minimum absolute atomic E-state index is 0.267. The lowest BCUT2D eigenvalue weighted by atomic mass is 10.1. The summed E-state index contributed by atoms with van der Waals surface area (Å²) < 4.78 is 2.26. The molecule has 1 atom stereocenters. The minimum Gasteiger partial charge on any atom is -0.322 e. The first-order chi connectivity index (χ1) is 9.90. The van der Waals surface area contributed by atoms with E-state index < -0.39 is 0 Å². The highest BCUT2D eigenvalue weighted by Crippen LogP contribution is 2.23. The molecule has 1 N–H and O–H groups in total. The molecule has 102 valence electrons. The molecule has 0 bridgehead atoms. The van der Waals surface area contributed by atoms with Crippen LogP contribution >= 0.6 is 0 Å². The van der Waals surface area contributed by atoms with E-state index in [0.717, 1.165) is 18.6 Å². The number of aromatic nitrogens is 2. The molecular weight excluding hydrogens is 246 g/mol. The van der Waals surface area contributed by atoms with Crippen molar-refractivity contribution in [2.24, 2.45) is 0 Å². The molecular formula is C17H19N3. The molecule has 3 rings (SSSR count). The van der Waals surface area contributed by atoms with Gasteiger partial charge in [-0.05, 0) is 24.2 Å². The molecule has 0 fully saturated rings. The largest absolute Gasteiger partial charge is 0.322 e. The van der Waals surface area contributed by atoms with Crippen molar-refractivity contribution in [2.45, 2.75) is 13.0 Å². The van der Waals surface area contributed by atoms with Crippen LogP contribution in [0.25, 0.3) is 11.0 Å². The van der Waals surface area contributed by atoms with E-state index >= 15 is 0 Å². The van der Waals surface area contributed by atoms with Crippen LogP contribution in [0.1, 0.15) is 18.5 Å². The van der Waals surface area contributed by atoms with E-state index in [2.05, 4.69) is 70.3 Å². The van der Waals surface area contributed by atoms with Gasteiger partial charge in [-0.25, -0.2) is 4.98 Å². The van der Waals surface area contributed by atoms with Crippen molar-refractivity contribution in [3.05, 3.63) is 66.5 Å². The van der Waals surface area contributed by atoms with Crippen LogP contribution < -0.4 is 5.32 Å². The molecule has 0 spiro atoms. The van der Waals surface area contributed by atoms with Gasteiger partial charge in [0.15, 0.2) is 0 Å². The number of nitrogens with one attached hydrogen (secondary N) is 1. The molecule has 0 saturated heterocycles. The average Bonchev–Trinajstić information content (AvgIpc) is 2.93. The van der Waals surface area contributed by atoms with Gasteiger partial charge in [-0.1, -0.05) is 49.4 Å². The fourth-order valence-corrected chi connectivity index (χ4v) is 2.56. The lowest BCUT2D eigenvalue weighted by molar-refractivity contribution is 0.541. The minimum atomic E-state index is 0.267. The van der Waals surface area contributed by atoms with Gasteiger partial charge < -0.3 is 9.88 Å². The van der Waals surface area contributed by atoms with Gasteiger partial charge in [0.1, 0.15) is 0 Å². The first-order valence-electron chi connectivity index (χ1n) is 7.07. The molecule has 3 aromatic rings. The molecule has 1 aromatic heterocycles. The molecule has 0 radical (unpaired) electrons. The Balaban J connectivity index is 2.05. The summed E-state index contributed by atoms with van der Waals surface area (Å²) in [5.74, 6) is 0. The molecule has 0 aliphatic rings. The summed E-state index contributed by atoms with van der Waals surface area (Å²) >= 11 is 0. The van der Waals surface area contributed by atoms with Crippen molar-refractivity contribution >= 4 is 11.0 Å². The third kappa shape index (κ3) is 2.45. The van der Waals surface area contributed by atoms with Crippen molar-refractivity contribution in [1.29, 1.82) is 0 Å². The first-order valence-corrected chi connectivity index (χ1v) is 7.07. The summed E-state index contributed by atoms with van der Waals surface area (Å²) in [6.07, 6.45) is 1.94. The SMILES string of the molecule is CCNCC(c1ccccc1)n1cnc2ccccc21. The van der Waals surface area contributed by atoms with Crippen LogP contribution in [-0.2, 0) is 0 Å². The number of hydrogen-bond donors (Lipinski definition) is 1. The van der Waals surface area contributed by atoms with Crippen molar-refractivity contribution in [3.8, 4) is 0 Å². The van der Waals surface area contributed by atoms with Gasteiger partial charge in [0.2, 0.25) is 0 Å². The smallest absolute Gasteiger partial charge is 0.0964 e. The Morgan fingerprint density at radius 1 is 1.05 bits per heavy atom. The summed E-state index contributed by atoms with van der Waals surface area (Å²) in [4.78, 5) is 4.51. The zero-order valence-corrected chi connectivity index (χ0v) is 11.7. The average molecular weight is 265 g/mol. The van der Waals surface area contributed by atoms with E-state index in [1.807, 2.05) is 12.4 Å². The number of benzene rings is 2. The number of imidazole rings is 1. The molecule has 3 heteroatoms. The number of likely N-dealkylation sites (N-methyl/N-ethyl adjacent to an activating group) is 1. The number of fused-ring (bicyclic) bond motifs is 1. The maximum absolute atomic E-state index is 4.51. The fraction of sp³-hybridized carbons (Fsp3) is 0.235. The summed E-state index contributed by atoms with van der Waals surface area (Å²) in [5, 5.41) is 3.45. The van der Waals surface area contributed by atoms with Gasteiger partial charge >= 0.3 is 0 Å². The van der Waals surface area contributed by atoms with E-state index in [9.17, 15) is 0 Å². The normalized spacial score (nSPS) is 12.7. The van der Waals surface area contributed by atoms with Crippen LogP contribution in [0.3, 0.4) is 0 Å². The third-order valence-corrected chi connectivity index (χ3v) is 3.59. The van der Waals surface area contributed by atoms with E-state index in [-0.39, 0.29) is 6.04 Å². The quantitative estimate of drug-likeness (QED) is 0.767. The number of hydrogen-bond acceptors (Lipinski definition) is 2. The predicted molar refractivity (Wildman–Crippen MR) is 82.9 cm³/mol. The number of para-hydroxylation sites is 2. The Morgan fingerprint density at radius 3 is 2.60 bits per heavy atom. The Morgan fingerprint density at radius 2 is 1.80 bits per heavy atom. The topological polar surface area (TPSA) is 29.9 Å².